The highest BCUT2D eigenvalue weighted by Crippen LogP contribution is 2.10. The van der Waals surface area contributed by atoms with Crippen LogP contribution in [0.25, 0.3) is 0 Å². The van der Waals surface area contributed by atoms with Gasteiger partial charge in [0.05, 0.1) is 0 Å². The highest BCUT2D eigenvalue weighted by Gasteiger charge is 2.01. The molecule has 0 aliphatic rings. The number of terminal acetylenes is 1. The summed E-state index contributed by atoms with van der Waals surface area (Å²) in [6, 6.07) is 4.20. The SMILES string of the molecule is C#Cc1cc(C(C)NC)ccn1. The number of pyridine rings is 1. The number of nitrogens with one attached hydrogen (secondary N) is 1. The normalized spacial score (nSPS) is 12.1. The fourth-order valence-electron chi connectivity index (χ4n) is 0.962. The Morgan fingerprint density at radius 3 is 3.00 bits per heavy atom. The van der Waals surface area contributed by atoms with Crippen molar-refractivity contribution < 1.29 is 0 Å². The smallest absolute Gasteiger partial charge is 0.113 e. The van der Waals surface area contributed by atoms with Crippen LogP contribution >= 0.6 is 0 Å². The van der Waals surface area contributed by atoms with Crippen molar-refractivity contribution in [2.75, 3.05) is 7.05 Å². The molecule has 1 heterocycles. The molecule has 1 aromatic rings. The number of rotatable bonds is 2. The monoisotopic (exact) mass is 160 g/mol. The van der Waals surface area contributed by atoms with Crippen molar-refractivity contribution in [2.24, 2.45) is 0 Å². The average Bonchev–Trinajstić information content (AvgIpc) is 2.17. The zero-order chi connectivity index (χ0) is 8.97. The van der Waals surface area contributed by atoms with Gasteiger partial charge in [0.2, 0.25) is 0 Å². The van der Waals surface area contributed by atoms with Gasteiger partial charge < -0.3 is 5.32 Å². The third-order valence-electron chi connectivity index (χ3n) is 1.86. The largest absolute Gasteiger partial charge is 0.313 e. The van der Waals surface area contributed by atoms with E-state index in [4.69, 9.17) is 6.42 Å². The first kappa shape index (κ1) is 8.76. The Labute approximate surface area is 73.0 Å². The molecule has 1 aromatic heterocycles. The predicted octanol–water partition coefficient (Wildman–Crippen LogP) is 1.34. The van der Waals surface area contributed by atoms with E-state index in [-0.39, 0.29) is 0 Å². The van der Waals surface area contributed by atoms with Crippen LogP contribution in [-0.4, -0.2) is 12.0 Å². The summed E-state index contributed by atoms with van der Waals surface area (Å²) >= 11 is 0. The third kappa shape index (κ3) is 1.84. The van der Waals surface area contributed by atoms with Crippen LogP contribution in [0.4, 0.5) is 0 Å². The molecule has 62 valence electrons. The average molecular weight is 160 g/mol. The van der Waals surface area contributed by atoms with Crippen LogP contribution < -0.4 is 5.32 Å². The van der Waals surface area contributed by atoms with Gasteiger partial charge in [0, 0.05) is 12.2 Å². The van der Waals surface area contributed by atoms with E-state index in [1.165, 1.54) is 5.56 Å². The minimum Gasteiger partial charge on any atom is -0.313 e. The van der Waals surface area contributed by atoms with Crippen LogP contribution in [0.1, 0.15) is 24.2 Å². The van der Waals surface area contributed by atoms with E-state index in [0.29, 0.717) is 11.7 Å². The molecule has 1 N–H and O–H groups in total. The summed E-state index contributed by atoms with van der Waals surface area (Å²) in [6.07, 6.45) is 6.96. The van der Waals surface area contributed by atoms with E-state index in [9.17, 15) is 0 Å². The van der Waals surface area contributed by atoms with Gasteiger partial charge in [-0.05, 0) is 31.7 Å². The second-order valence-electron chi connectivity index (χ2n) is 2.63. The van der Waals surface area contributed by atoms with Crippen molar-refractivity contribution in [1.82, 2.24) is 10.3 Å². The van der Waals surface area contributed by atoms with E-state index in [1.54, 1.807) is 6.20 Å². The van der Waals surface area contributed by atoms with Crippen LogP contribution in [0.3, 0.4) is 0 Å². The molecule has 1 unspecified atom stereocenters. The Hall–Kier alpha value is -1.33. The van der Waals surface area contributed by atoms with Crippen molar-refractivity contribution in [3.8, 4) is 12.3 Å². The van der Waals surface area contributed by atoms with Crippen molar-refractivity contribution in [3.63, 3.8) is 0 Å². The first-order valence-electron chi connectivity index (χ1n) is 3.87. The van der Waals surface area contributed by atoms with Crippen LogP contribution in [0.15, 0.2) is 18.3 Å². The summed E-state index contributed by atoms with van der Waals surface area (Å²) in [4.78, 5) is 4.01. The summed E-state index contributed by atoms with van der Waals surface area (Å²) in [6.45, 7) is 2.08. The fraction of sp³-hybridized carbons (Fsp3) is 0.300. The summed E-state index contributed by atoms with van der Waals surface area (Å²) in [7, 11) is 1.92. The minimum atomic E-state index is 0.320. The summed E-state index contributed by atoms with van der Waals surface area (Å²) in [5.74, 6) is 2.51. The first-order valence-corrected chi connectivity index (χ1v) is 3.87. The van der Waals surface area contributed by atoms with Crippen molar-refractivity contribution in [2.45, 2.75) is 13.0 Å². The van der Waals surface area contributed by atoms with Gasteiger partial charge in [-0.2, -0.15) is 0 Å². The number of nitrogens with zero attached hydrogens (tertiary/aromatic N) is 1. The van der Waals surface area contributed by atoms with E-state index in [2.05, 4.69) is 23.1 Å². The Kier molecular flexibility index (Phi) is 2.84. The molecule has 2 nitrogen and oxygen atoms in total. The Morgan fingerprint density at radius 1 is 1.67 bits per heavy atom. The molecular formula is C10H12N2. The highest BCUT2D eigenvalue weighted by atomic mass is 14.9. The van der Waals surface area contributed by atoms with E-state index >= 15 is 0 Å². The van der Waals surface area contributed by atoms with Crippen molar-refractivity contribution in [3.05, 3.63) is 29.6 Å². The zero-order valence-corrected chi connectivity index (χ0v) is 7.33. The molecule has 1 atom stereocenters. The van der Waals surface area contributed by atoms with Gasteiger partial charge in [-0.1, -0.05) is 5.92 Å². The summed E-state index contributed by atoms with van der Waals surface area (Å²) in [5.41, 5.74) is 1.86. The lowest BCUT2D eigenvalue weighted by Gasteiger charge is -2.09. The molecular weight excluding hydrogens is 148 g/mol. The highest BCUT2D eigenvalue weighted by molar-refractivity contribution is 5.29. The third-order valence-corrected chi connectivity index (χ3v) is 1.86. The molecule has 12 heavy (non-hydrogen) atoms. The predicted molar refractivity (Wildman–Crippen MR) is 49.6 cm³/mol. The molecule has 0 spiro atoms. The maximum atomic E-state index is 5.23. The van der Waals surface area contributed by atoms with Crippen LogP contribution in [-0.2, 0) is 0 Å². The Bertz CT molecular complexity index is 299. The summed E-state index contributed by atoms with van der Waals surface area (Å²) < 4.78 is 0. The van der Waals surface area contributed by atoms with Crippen LogP contribution in [0.2, 0.25) is 0 Å². The van der Waals surface area contributed by atoms with Crippen molar-refractivity contribution >= 4 is 0 Å². The van der Waals surface area contributed by atoms with Gasteiger partial charge in [0.1, 0.15) is 5.69 Å². The second kappa shape index (κ2) is 3.89. The lowest BCUT2D eigenvalue weighted by molar-refractivity contribution is 0.651. The molecule has 0 amide bonds. The topological polar surface area (TPSA) is 24.9 Å². The molecule has 0 radical (unpaired) electrons. The van der Waals surface area contributed by atoms with E-state index in [0.717, 1.165) is 0 Å². The van der Waals surface area contributed by atoms with E-state index < -0.39 is 0 Å². The molecule has 0 fully saturated rings. The first-order chi connectivity index (χ1) is 5.77. The lowest BCUT2D eigenvalue weighted by Crippen LogP contribution is -2.12. The Balaban J connectivity index is 2.95. The Morgan fingerprint density at radius 2 is 2.42 bits per heavy atom. The lowest BCUT2D eigenvalue weighted by atomic mass is 10.1. The van der Waals surface area contributed by atoms with Gasteiger partial charge in [0.15, 0.2) is 0 Å². The minimum absolute atomic E-state index is 0.320. The van der Waals surface area contributed by atoms with Gasteiger partial charge in [0.25, 0.3) is 0 Å². The summed E-state index contributed by atoms with van der Waals surface area (Å²) in [5, 5.41) is 3.14. The number of aromatic nitrogens is 1. The number of hydrogen-bond acceptors (Lipinski definition) is 2. The second-order valence-corrected chi connectivity index (χ2v) is 2.63. The number of hydrogen-bond donors (Lipinski definition) is 1. The maximum absolute atomic E-state index is 5.23. The molecule has 0 aromatic carbocycles. The van der Waals surface area contributed by atoms with Crippen molar-refractivity contribution in [1.29, 1.82) is 0 Å². The molecule has 0 aliphatic heterocycles. The van der Waals surface area contributed by atoms with Crippen LogP contribution in [0.5, 0.6) is 0 Å². The standard InChI is InChI=1S/C10H12N2/c1-4-10-7-9(5-6-12-10)8(2)11-3/h1,5-8,11H,2-3H3. The van der Waals surface area contributed by atoms with E-state index in [1.807, 2.05) is 19.2 Å². The molecule has 1 rings (SSSR count). The van der Waals surface area contributed by atoms with Gasteiger partial charge in [-0.15, -0.1) is 6.42 Å². The maximum Gasteiger partial charge on any atom is 0.113 e. The van der Waals surface area contributed by atoms with Gasteiger partial charge in [-0.25, -0.2) is 4.98 Å². The molecule has 0 saturated heterocycles. The molecule has 0 saturated carbocycles. The molecule has 0 aliphatic carbocycles. The quantitative estimate of drug-likeness (QED) is 0.660. The van der Waals surface area contributed by atoms with Gasteiger partial charge >= 0.3 is 0 Å². The van der Waals surface area contributed by atoms with Gasteiger partial charge in [-0.3, -0.25) is 0 Å². The fourth-order valence-corrected chi connectivity index (χ4v) is 0.962. The molecule has 0 bridgehead atoms. The van der Waals surface area contributed by atoms with Crippen LogP contribution in [0, 0.1) is 12.3 Å². The molecule has 2 heteroatoms. The zero-order valence-electron chi connectivity index (χ0n) is 7.33.